The van der Waals surface area contributed by atoms with Crippen LogP contribution in [0.3, 0.4) is 0 Å². The predicted octanol–water partition coefficient (Wildman–Crippen LogP) is 5.50. The van der Waals surface area contributed by atoms with Gasteiger partial charge in [0.2, 0.25) is 5.91 Å². The van der Waals surface area contributed by atoms with Gasteiger partial charge < -0.3 is 14.4 Å². The molecule has 0 saturated carbocycles. The number of rotatable bonds is 10. The Morgan fingerprint density at radius 3 is 2.20 bits per heavy atom. The van der Waals surface area contributed by atoms with Crippen molar-refractivity contribution in [2.75, 3.05) is 23.5 Å². The highest BCUT2D eigenvalue weighted by Crippen LogP contribution is 2.30. The largest absolute Gasteiger partial charge is 0.497 e. The molecule has 1 aliphatic heterocycles. The standard InChI is InChI=1S/C35H34N4O6/c1-24(2)39(27-18-20-28(43-3)21-19-27)31(40)22-38-30-17-11-10-16-29(30)32(26-14-8-5-9-15-26)36-33(34(38)41)45-37-35(42)44-23-25-12-6-4-7-13-25/h4-21,24,33H,22-23H2,1-3H3,(H,37,42). The van der Waals surface area contributed by atoms with E-state index in [4.69, 9.17) is 14.3 Å². The van der Waals surface area contributed by atoms with Gasteiger partial charge in [0.25, 0.3) is 12.1 Å². The van der Waals surface area contributed by atoms with Crippen LogP contribution < -0.4 is 20.0 Å². The summed E-state index contributed by atoms with van der Waals surface area (Å²) in [6.07, 6.45) is -2.41. The zero-order valence-corrected chi connectivity index (χ0v) is 25.3. The number of anilines is 2. The van der Waals surface area contributed by atoms with E-state index in [9.17, 15) is 14.4 Å². The van der Waals surface area contributed by atoms with Crippen LogP contribution in [0.4, 0.5) is 16.2 Å². The summed E-state index contributed by atoms with van der Waals surface area (Å²) in [6.45, 7) is 3.49. The highest BCUT2D eigenvalue weighted by Gasteiger charge is 2.36. The van der Waals surface area contributed by atoms with Crippen LogP contribution in [-0.4, -0.2) is 49.5 Å². The number of hydrogen-bond donors (Lipinski definition) is 1. The number of nitrogens with one attached hydrogen (secondary N) is 1. The Morgan fingerprint density at radius 2 is 1.53 bits per heavy atom. The molecule has 230 valence electrons. The molecule has 1 heterocycles. The fourth-order valence-corrected chi connectivity index (χ4v) is 5.01. The number of para-hydroxylation sites is 1. The number of benzene rings is 4. The SMILES string of the molecule is COc1ccc(N(C(=O)CN2C(=O)C(ONC(=O)OCc3ccccc3)N=C(c3ccccc3)c3ccccc32)C(C)C)cc1. The van der Waals surface area contributed by atoms with Crippen molar-refractivity contribution < 1.29 is 28.7 Å². The first kappa shape index (κ1) is 31.0. The smallest absolute Gasteiger partial charge is 0.431 e. The summed E-state index contributed by atoms with van der Waals surface area (Å²) in [7, 11) is 1.57. The minimum atomic E-state index is -1.52. The minimum absolute atomic E-state index is 0.00957. The van der Waals surface area contributed by atoms with Gasteiger partial charge in [-0.25, -0.2) is 14.6 Å². The van der Waals surface area contributed by atoms with Crippen molar-refractivity contribution in [1.29, 1.82) is 0 Å². The molecule has 5 rings (SSSR count). The highest BCUT2D eigenvalue weighted by atomic mass is 16.7. The molecule has 1 unspecified atom stereocenters. The molecule has 0 radical (unpaired) electrons. The molecule has 0 spiro atoms. The molecule has 1 aliphatic rings. The van der Waals surface area contributed by atoms with Gasteiger partial charge in [0.1, 0.15) is 18.9 Å². The Hall–Kier alpha value is -5.48. The Kier molecular flexibility index (Phi) is 9.86. The topological polar surface area (TPSA) is 110 Å². The zero-order chi connectivity index (χ0) is 31.8. The summed E-state index contributed by atoms with van der Waals surface area (Å²) >= 11 is 0. The lowest BCUT2D eigenvalue weighted by molar-refractivity contribution is -0.134. The van der Waals surface area contributed by atoms with E-state index in [-0.39, 0.29) is 25.1 Å². The Balaban J connectivity index is 1.45. The average Bonchev–Trinajstić information content (AvgIpc) is 3.18. The third kappa shape index (κ3) is 7.36. The molecular weight excluding hydrogens is 572 g/mol. The molecule has 1 N–H and O–H groups in total. The van der Waals surface area contributed by atoms with Gasteiger partial charge in [-0.15, -0.1) is 0 Å². The van der Waals surface area contributed by atoms with Crippen molar-refractivity contribution in [3.63, 3.8) is 0 Å². The lowest BCUT2D eigenvalue weighted by atomic mass is 10.0. The number of ether oxygens (including phenoxy) is 2. The van der Waals surface area contributed by atoms with E-state index < -0.39 is 18.2 Å². The predicted molar refractivity (Wildman–Crippen MR) is 171 cm³/mol. The number of fused-ring (bicyclic) bond motifs is 1. The normalized spacial score (nSPS) is 14.2. The second-order valence-corrected chi connectivity index (χ2v) is 10.5. The Labute approximate surface area is 261 Å². The molecule has 1 atom stereocenters. The molecule has 0 aromatic heterocycles. The maximum Gasteiger partial charge on any atom is 0.431 e. The number of amides is 3. The Morgan fingerprint density at radius 1 is 0.889 bits per heavy atom. The van der Waals surface area contributed by atoms with E-state index >= 15 is 0 Å². The van der Waals surface area contributed by atoms with Crippen molar-refractivity contribution in [2.45, 2.75) is 32.7 Å². The molecule has 0 bridgehead atoms. The Bertz CT molecular complexity index is 1660. The summed E-state index contributed by atoms with van der Waals surface area (Å²) in [5, 5.41) is 0. The van der Waals surface area contributed by atoms with Gasteiger partial charge >= 0.3 is 6.09 Å². The molecule has 0 saturated heterocycles. The first-order valence-electron chi connectivity index (χ1n) is 14.5. The summed E-state index contributed by atoms with van der Waals surface area (Å²) in [6, 6.07) is 32.6. The molecule has 3 amide bonds. The fourth-order valence-electron chi connectivity index (χ4n) is 5.01. The van der Waals surface area contributed by atoms with Crippen molar-refractivity contribution in [3.05, 3.63) is 126 Å². The second kappa shape index (κ2) is 14.3. The maximum atomic E-state index is 14.1. The number of hydroxylamine groups is 1. The molecule has 0 fully saturated rings. The molecular formula is C35H34N4O6. The number of hydrogen-bond acceptors (Lipinski definition) is 7. The lowest BCUT2D eigenvalue weighted by Crippen LogP contribution is -2.49. The maximum absolute atomic E-state index is 14.1. The quantitative estimate of drug-likeness (QED) is 0.239. The average molecular weight is 607 g/mol. The number of aliphatic imine (C=N–C) groups is 1. The van der Waals surface area contributed by atoms with E-state index in [0.29, 0.717) is 28.4 Å². The van der Waals surface area contributed by atoms with Crippen LogP contribution in [0.5, 0.6) is 5.75 Å². The third-order valence-corrected chi connectivity index (χ3v) is 7.12. The summed E-state index contributed by atoms with van der Waals surface area (Å²) in [5.74, 6) is -0.300. The fraction of sp³-hybridized carbons (Fsp3) is 0.200. The summed E-state index contributed by atoms with van der Waals surface area (Å²) < 4.78 is 10.5. The summed E-state index contributed by atoms with van der Waals surface area (Å²) in [5.41, 5.74) is 5.96. The van der Waals surface area contributed by atoms with Gasteiger partial charge in [-0.05, 0) is 49.7 Å². The zero-order valence-electron chi connectivity index (χ0n) is 25.3. The molecule has 10 heteroatoms. The number of nitrogens with zero attached hydrogens (tertiary/aromatic N) is 3. The molecule has 4 aromatic rings. The number of carbonyl (C=O) groups is 3. The van der Waals surface area contributed by atoms with Gasteiger partial charge in [-0.3, -0.25) is 14.5 Å². The first-order valence-corrected chi connectivity index (χ1v) is 14.5. The molecule has 45 heavy (non-hydrogen) atoms. The number of methoxy groups -OCH3 is 1. The monoisotopic (exact) mass is 606 g/mol. The first-order chi connectivity index (χ1) is 21.9. The third-order valence-electron chi connectivity index (χ3n) is 7.12. The molecule has 10 nitrogen and oxygen atoms in total. The number of carbonyl (C=O) groups excluding carboxylic acids is 3. The van der Waals surface area contributed by atoms with E-state index in [1.54, 1.807) is 48.4 Å². The second-order valence-electron chi connectivity index (χ2n) is 10.5. The van der Waals surface area contributed by atoms with Crippen LogP contribution in [-0.2, 0) is 25.8 Å². The van der Waals surface area contributed by atoms with Crippen LogP contribution >= 0.6 is 0 Å². The van der Waals surface area contributed by atoms with E-state index in [2.05, 4.69) is 10.5 Å². The van der Waals surface area contributed by atoms with Gasteiger partial charge in [0.15, 0.2) is 0 Å². The van der Waals surface area contributed by atoms with Gasteiger partial charge in [0, 0.05) is 22.9 Å². The van der Waals surface area contributed by atoms with Crippen molar-refractivity contribution >= 4 is 35.0 Å². The molecule has 4 aromatic carbocycles. The van der Waals surface area contributed by atoms with Crippen molar-refractivity contribution in [2.24, 2.45) is 4.99 Å². The van der Waals surface area contributed by atoms with Crippen LogP contribution in [0.2, 0.25) is 0 Å². The van der Waals surface area contributed by atoms with Crippen molar-refractivity contribution in [3.8, 4) is 5.75 Å². The van der Waals surface area contributed by atoms with Crippen LogP contribution in [0.25, 0.3) is 0 Å². The van der Waals surface area contributed by atoms with E-state index in [1.807, 2.05) is 86.6 Å². The summed E-state index contributed by atoms with van der Waals surface area (Å²) in [4.78, 5) is 53.9. The lowest BCUT2D eigenvalue weighted by Gasteiger charge is -2.31. The van der Waals surface area contributed by atoms with Gasteiger partial charge in [-0.1, -0.05) is 78.9 Å². The van der Waals surface area contributed by atoms with E-state index in [0.717, 1.165) is 11.1 Å². The molecule has 0 aliphatic carbocycles. The highest BCUT2D eigenvalue weighted by molar-refractivity contribution is 6.20. The van der Waals surface area contributed by atoms with Crippen molar-refractivity contribution in [1.82, 2.24) is 5.48 Å². The van der Waals surface area contributed by atoms with Crippen LogP contribution in [0, 0.1) is 0 Å². The van der Waals surface area contributed by atoms with Gasteiger partial charge in [0.05, 0.1) is 18.5 Å². The minimum Gasteiger partial charge on any atom is -0.497 e. The van der Waals surface area contributed by atoms with Crippen LogP contribution in [0.1, 0.15) is 30.5 Å². The van der Waals surface area contributed by atoms with Crippen LogP contribution in [0.15, 0.2) is 114 Å². The van der Waals surface area contributed by atoms with E-state index in [1.165, 1.54) is 4.90 Å². The van der Waals surface area contributed by atoms with Gasteiger partial charge in [-0.2, -0.15) is 5.48 Å². The number of benzodiazepines with no additional fused rings is 1.